The maximum atomic E-state index is 11.9. The minimum atomic E-state index is -0.120. The van der Waals surface area contributed by atoms with Crippen molar-refractivity contribution in [2.24, 2.45) is 5.92 Å². The van der Waals surface area contributed by atoms with Crippen LogP contribution in [-0.4, -0.2) is 5.78 Å². The van der Waals surface area contributed by atoms with Crippen LogP contribution in [0.4, 0.5) is 0 Å². The summed E-state index contributed by atoms with van der Waals surface area (Å²) < 4.78 is 5.43. The van der Waals surface area contributed by atoms with E-state index in [1.54, 1.807) is 18.2 Å². The van der Waals surface area contributed by atoms with Crippen LogP contribution in [0.25, 0.3) is 0 Å². The molecule has 0 heterocycles. The van der Waals surface area contributed by atoms with Crippen molar-refractivity contribution < 1.29 is 9.53 Å². The van der Waals surface area contributed by atoms with Gasteiger partial charge in [-0.25, -0.2) is 0 Å². The van der Waals surface area contributed by atoms with E-state index >= 15 is 0 Å². The van der Waals surface area contributed by atoms with E-state index in [1.807, 2.05) is 37.3 Å². The van der Waals surface area contributed by atoms with E-state index in [4.69, 9.17) is 4.74 Å². The normalized spacial score (nSPS) is 19.2. The predicted molar refractivity (Wildman–Crippen MR) is 83.9 cm³/mol. The quantitative estimate of drug-likeness (QED) is 0.405. The van der Waals surface area contributed by atoms with Crippen LogP contribution in [0.2, 0.25) is 0 Å². The van der Waals surface area contributed by atoms with E-state index in [0.717, 1.165) is 0 Å². The van der Waals surface area contributed by atoms with Crippen molar-refractivity contribution in [3.8, 4) is 0 Å². The zero-order valence-corrected chi connectivity index (χ0v) is 12.0. The Hall–Kier alpha value is -2.35. The highest BCUT2D eigenvalue weighted by molar-refractivity contribution is 6.06. The van der Waals surface area contributed by atoms with Gasteiger partial charge in [-0.05, 0) is 25.0 Å². The zero-order chi connectivity index (χ0) is 14.8. The van der Waals surface area contributed by atoms with Gasteiger partial charge >= 0.3 is 0 Å². The fraction of sp³-hybridized carbons (Fsp3) is 0.167. The zero-order valence-electron chi connectivity index (χ0n) is 12.0. The Balaban J connectivity index is 2.65. The monoisotopic (exact) mass is 268 g/mol. The molecule has 0 aromatic rings. The van der Waals surface area contributed by atoms with Gasteiger partial charge in [0.1, 0.15) is 5.76 Å². The number of rotatable bonds is 6. The number of ketones is 1. The highest BCUT2D eigenvalue weighted by atomic mass is 16.5. The van der Waals surface area contributed by atoms with Crippen molar-refractivity contribution in [1.82, 2.24) is 0 Å². The van der Waals surface area contributed by atoms with Crippen molar-refractivity contribution in [2.45, 2.75) is 13.8 Å². The molecule has 0 fully saturated rings. The summed E-state index contributed by atoms with van der Waals surface area (Å²) in [5.74, 6) is 0.967. The van der Waals surface area contributed by atoms with Crippen molar-refractivity contribution in [3.63, 3.8) is 0 Å². The summed E-state index contributed by atoms with van der Waals surface area (Å²) in [5, 5.41) is 0. The van der Waals surface area contributed by atoms with Gasteiger partial charge in [-0.3, -0.25) is 4.79 Å². The first-order chi connectivity index (χ1) is 9.67. The van der Waals surface area contributed by atoms with Gasteiger partial charge in [0.25, 0.3) is 0 Å². The van der Waals surface area contributed by atoms with Crippen LogP contribution in [0.15, 0.2) is 84.9 Å². The molecule has 0 radical (unpaired) electrons. The molecule has 1 unspecified atom stereocenters. The minimum Gasteiger partial charge on any atom is -0.465 e. The predicted octanol–water partition coefficient (Wildman–Crippen LogP) is 4.42. The number of carbonyl (C=O) groups is 1. The molecule has 0 aromatic heterocycles. The standard InChI is InChI=1S/C18H20O2/c1-4-7-16(8-5-2)18(19)13-14-20-17-10-6-9-15(3)11-12-17/h4-15H,1H2,2-3H3/b8-5-,14-13+,16-7+. The molecule has 2 nitrogen and oxygen atoms in total. The average molecular weight is 268 g/mol. The van der Waals surface area contributed by atoms with Crippen LogP contribution in [0, 0.1) is 5.92 Å². The molecule has 1 rings (SSSR count). The summed E-state index contributed by atoms with van der Waals surface area (Å²) in [4.78, 5) is 11.9. The highest BCUT2D eigenvalue weighted by Gasteiger charge is 2.01. The molecule has 0 aliphatic heterocycles. The number of carbonyl (C=O) groups excluding carboxylic acids is 1. The van der Waals surface area contributed by atoms with Crippen molar-refractivity contribution in [3.05, 3.63) is 84.9 Å². The van der Waals surface area contributed by atoms with Crippen LogP contribution in [0.5, 0.6) is 0 Å². The van der Waals surface area contributed by atoms with E-state index in [1.165, 1.54) is 12.3 Å². The molecule has 2 heteroatoms. The molecule has 1 aliphatic carbocycles. The topological polar surface area (TPSA) is 26.3 Å². The van der Waals surface area contributed by atoms with Crippen molar-refractivity contribution in [1.29, 1.82) is 0 Å². The van der Waals surface area contributed by atoms with Gasteiger partial charge in [-0.1, -0.05) is 56.0 Å². The first-order valence-electron chi connectivity index (χ1n) is 6.57. The van der Waals surface area contributed by atoms with E-state index < -0.39 is 0 Å². The lowest BCUT2D eigenvalue weighted by Crippen LogP contribution is -1.95. The molecule has 20 heavy (non-hydrogen) atoms. The SMILES string of the molecule is C=C/C=C(\C=C/C)C(=O)/C=C/OC1=CC=CC(C)C=C1. The number of hydrogen-bond donors (Lipinski definition) is 0. The molecular formula is C18H20O2. The van der Waals surface area contributed by atoms with Gasteiger partial charge in [0.2, 0.25) is 0 Å². The Morgan fingerprint density at radius 1 is 1.35 bits per heavy atom. The fourth-order valence-electron chi connectivity index (χ4n) is 1.57. The third kappa shape index (κ3) is 5.53. The molecule has 0 spiro atoms. The van der Waals surface area contributed by atoms with Gasteiger partial charge in [-0.2, -0.15) is 0 Å². The number of hydrogen-bond acceptors (Lipinski definition) is 2. The molecule has 0 aromatic carbocycles. The second-order valence-corrected chi connectivity index (χ2v) is 4.31. The number of ether oxygens (including phenoxy) is 1. The van der Waals surface area contributed by atoms with Crippen molar-refractivity contribution in [2.75, 3.05) is 0 Å². The fourth-order valence-corrected chi connectivity index (χ4v) is 1.57. The summed E-state index contributed by atoms with van der Waals surface area (Å²) >= 11 is 0. The maximum absolute atomic E-state index is 11.9. The van der Waals surface area contributed by atoms with Gasteiger partial charge < -0.3 is 4.74 Å². The molecule has 104 valence electrons. The Morgan fingerprint density at radius 3 is 2.85 bits per heavy atom. The van der Waals surface area contributed by atoms with E-state index in [0.29, 0.717) is 17.3 Å². The average Bonchev–Trinajstić information content (AvgIpc) is 2.63. The molecule has 0 bridgehead atoms. The van der Waals surface area contributed by atoms with Crippen LogP contribution < -0.4 is 0 Å². The molecule has 0 saturated carbocycles. The first kappa shape index (κ1) is 15.7. The molecule has 0 N–H and O–H groups in total. The Labute approximate surface area is 120 Å². The summed E-state index contributed by atoms with van der Waals surface area (Å²) in [6.45, 7) is 7.54. The lowest BCUT2D eigenvalue weighted by atomic mass is 10.1. The first-order valence-corrected chi connectivity index (χ1v) is 6.57. The van der Waals surface area contributed by atoms with Gasteiger partial charge in [0.05, 0.1) is 6.26 Å². The molecule has 0 amide bonds. The summed E-state index contributed by atoms with van der Waals surface area (Å²) in [6, 6.07) is 0. The Kier molecular flexibility index (Phi) is 6.83. The van der Waals surface area contributed by atoms with E-state index in [-0.39, 0.29) is 5.78 Å². The number of allylic oxidation sites excluding steroid dienone is 11. The molecule has 1 atom stereocenters. The lowest BCUT2D eigenvalue weighted by Gasteiger charge is -2.00. The summed E-state index contributed by atoms with van der Waals surface area (Å²) in [6.07, 6.45) is 19.4. The summed E-state index contributed by atoms with van der Waals surface area (Å²) in [5.41, 5.74) is 0.571. The van der Waals surface area contributed by atoms with Crippen LogP contribution in [0.1, 0.15) is 13.8 Å². The minimum absolute atomic E-state index is 0.120. The van der Waals surface area contributed by atoms with Gasteiger partial charge in [0.15, 0.2) is 5.78 Å². The Morgan fingerprint density at radius 2 is 2.15 bits per heavy atom. The van der Waals surface area contributed by atoms with Gasteiger partial charge in [-0.15, -0.1) is 0 Å². The van der Waals surface area contributed by atoms with E-state index in [9.17, 15) is 4.79 Å². The highest BCUT2D eigenvalue weighted by Crippen LogP contribution is 2.11. The third-order valence-corrected chi connectivity index (χ3v) is 2.59. The molecular weight excluding hydrogens is 248 g/mol. The second kappa shape index (κ2) is 8.70. The van der Waals surface area contributed by atoms with Gasteiger partial charge in [0, 0.05) is 11.6 Å². The largest absolute Gasteiger partial charge is 0.465 e. The van der Waals surface area contributed by atoms with Crippen LogP contribution >= 0.6 is 0 Å². The maximum Gasteiger partial charge on any atom is 0.188 e. The van der Waals surface area contributed by atoms with E-state index in [2.05, 4.69) is 19.6 Å². The Bertz CT molecular complexity index is 526. The summed E-state index contributed by atoms with van der Waals surface area (Å²) in [7, 11) is 0. The molecule has 1 aliphatic rings. The van der Waals surface area contributed by atoms with Crippen LogP contribution in [0.3, 0.4) is 0 Å². The third-order valence-electron chi connectivity index (χ3n) is 2.59. The van der Waals surface area contributed by atoms with Crippen molar-refractivity contribution >= 4 is 5.78 Å². The molecule has 0 saturated heterocycles. The lowest BCUT2D eigenvalue weighted by molar-refractivity contribution is -0.111. The van der Waals surface area contributed by atoms with Crippen LogP contribution in [-0.2, 0) is 9.53 Å². The second-order valence-electron chi connectivity index (χ2n) is 4.31. The smallest absolute Gasteiger partial charge is 0.188 e.